The van der Waals surface area contributed by atoms with Gasteiger partial charge in [-0.15, -0.1) is 10.2 Å². The summed E-state index contributed by atoms with van der Waals surface area (Å²) in [4.78, 5) is 15.8. The lowest BCUT2D eigenvalue weighted by Crippen LogP contribution is -2.46. The summed E-state index contributed by atoms with van der Waals surface area (Å²) in [6, 6.07) is 10.8. The Morgan fingerprint density at radius 3 is 2.15 bits per heavy atom. The number of hydrogen-bond donors (Lipinski definition) is 0. The van der Waals surface area contributed by atoms with Gasteiger partial charge in [0, 0.05) is 51.7 Å². The molecule has 0 radical (unpaired) electrons. The highest BCUT2D eigenvalue weighted by atomic mass is 16.5. The number of aromatic nitrogens is 5. The van der Waals surface area contributed by atoms with Gasteiger partial charge < -0.3 is 14.2 Å². The van der Waals surface area contributed by atoms with Gasteiger partial charge in [-0.1, -0.05) is 30.3 Å². The van der Waals surface area contributed by atoms with Crippen molar-refractivity contribution < 1.29 is 4.74 Å². The molecule has 2 fully saturated rings. The average molecular weight is 449 g/mol. The third-order valence-corrected chi connectivity index (χ3v) is 6.59. The van der Waals surface area contributed by atoms with Gasteiger partial charge >= 0.3 is 0 Å². The van der Waals surface area contributed by atoms with Gasteiger partial charge in [0.25, 0.3) is 0 Å². The molecule has 2 saturated heterocycles. The summed E-state index contributed by atoms with van der Waals surface area (Å²) in [6.07, 6.45) is 5.31. The van der Waals surface area contributed by atoms with Gasteiger partial charge in [-0.05, 0) is 12.5 Å². The van der Waals surface area contributed by atoms with Crippen LogP contribution in [0.2, 0.25) is 0 Å². The quantitative estimate of drug-likeness (QED) is 0.542. The molecule has 3 aromatic rings. The molecule has 0 spiro atoms. The predicted octanol–water partition coefficient (Wildman–Crippen LogP) is 1.83. The van der Waals surface area contributed by atoms with Crippen LogP contribution < -0.4 is 4.90 Å². The minimum absolute atomic E-state index is 0.174. The molecule has 0 unspecified atom stereocenters. The highest BCUT2D eigenvalue weighted by Gasteiger charge is 2.25. The van der Waals surface area contributed by atoms with E-state index in [2.05, 4.69) is 76.7 Å². The molecule has 9 nitrogen and oxygen atoms in total. The lowest BCUT2D eigenvalue weighted by Gasteiger charge is -2.35. The first kappa shape index (κ1) is 21.9. The number of nitrogens with zero attached hydrogens (tertiary/aromatic N) is 8. The molecule has 9 heteroatoms. The zero-order valence-corrected chi connectivity index (χ0v) is 19.3. The SMILES string of the molecule is C[C@@H](c1ccccc1)n1c(CN2CCOCC2)nnc1CN1CCN(c2cnccn2)CC1. The Kier molecular flexibility index (Phi) is 6.89. The highest BCUT2D eigenvalue weighted by Crippen LogP contribution is 2.23. The Hall–Kier alpha value is -2.88. The largest absolute Gasteiger partial charge is 0.379 e. The van der Waals surface area contributed by atoms with Crippen molar-refractivity contribution in [3.8, 4) is 0 Å². The molecule has 5 rings (SSSR count). The summed E-state index contributed by atoms with van der Waals surface area (Å²) in [7, 11) is 0. The monoisotopic (exact) mass is 448 g/mol. The highest BCUT2D eigenvalue weighted by molar-refractivity contribution is 5.35. The number of ether oxygens (including phenoxy) is 1. The van der Waals surface area contributed by atoms with E-state index in [4.69, 9.17) is 4.74 Å². The van der Waals surface area contributed by atoms with Gasteiger partial charge in [0.05, 0.1) is 38.5 Å². The summed E-state index contributed by atoms with van der Waals surface area (Å²) in [6.45, 7) is 11.1. The van der Waals surface area contributed by atoms with Crippen LogP contribution in [0.25, 0.3) is 0 Å². The van der Waals surface area contributed by atoms with Crippen LogP contribution in [-0.4, -0.2) is 87.0 Å². The summed E-state index contributed by atoms with van der Waals surface area (Å²) >= 11 is 0. The van der Waals surface area contributed by atoms with Gasteiger partial charge in [-0.3, -0.25) is 14.8 Å². The molecule has 33 heavy (non-hydrogen) atoms. The third kappa shape index (κ3) is 5.21. The van der Waals surface area contributed by atoms with Crippen LogP contribution in [0, 0.1) is 0 Å². The molecule has 174 valence electrons. The van der Waals surface area contributed by atoms with Crippen molar-refractivity contribution in [3.05, 3.63) is 66.1 Å². The van der Waals surface area contributed by atoms with Crippen LogP contribution >= 0.6 is 0 Å². The standard InChI is InChI=1S/C24H32N8O/c1-20(21-5-3-2-4-6-21)32-23(27-28-24(32)19-30-13-15-33-16-14-30)18-29-9-11-31(12-10-29)22-17-25-7-8-26-22/h2-8,17,20H,9-16,18-19H2,1H3/t20-/m0/s1. The van der Waals surface area contributed by atoms with E-state index in [1.54, 1.807) is 12.4 Å². The summed E-state index contributed by atoms with van der Waals surface area (Å²) in [5.41, 5.74) is 1.27. The lowest BCUT2D eigenvalue weighted by atomic mass is 10.1. The molecule has 2 aliphatic heterocycles. The van der Waals surface area contributed by atoms with E-state index < -0.39 is 0 Å². The molecule has 2 aliphatic rings. The first-order valence-electron chi connectivity index (χ1n) is 11.8. The van der Waals surface area contributed by atoms with Crippen molar-refractivity contribution >= 4 is 5.82 Å². The van der Waals surface area contributed by atoms with Gasteiger partial charge in [0.1, 0.15) is 17.5 Å². The van der Waals surface area contributed by atoms with E-state index in [0.717, 1.165) is 83.0 Å². The molecular weight excluding hydrogens is 416 g/mol. The Bertz CT molecular complexity index is 998. The number of benzene rings is 1. The smallest absolute Gasteiger partial charge is 0.147 e. The fourth-order valence-corrected chi connectivity index (χ4v) is 4.65. The summed E-state index contributed by atoms with van der Waals surface area (Å²) < 4.78 is 7.87. The first-order valence-corrected chi connectivity index (χ1v) is 11.8. The van der Waals surface area contributed by atoms with Gasteiger partial charge in [0.15, 0.2) is 0 Å². The fourth-order valence-electron chi connectivity index (χ4n) is 4.65. The van der Waals surface area contributed by atoms with E-state index in [1.807, 2.05) is 6.20 Å². The third-order valence-electron chi connectivity index (χ3n) is 6.59. The summed E-state index contributed by atoms with van der Waals surface area (Å²) in [5.74, 6) is 3.01. The normalized spacial score (nSPS) is 19.0. The van der Waals surface area contributed by atoms with Crippen molar-refractivity contribution in [2.75, 3.05) is 57.4 Å². The van der Waals surface area contributed by atoms with E-state index in [9.17, 15) is 0 Å². The van der Waals surface area contributed by atoms with Crippen molar-refractivity contribution in [1.29, 1.82) is 0 Å². The van der Waals surface area contributed by atoms with Crippen LogP contribution in [0.5, 0.6) is 0 Å². The Morgan fingerprint density at radius 2 is 1.52 bits per heavy atom. The number of rotatable bonds is 7. The van der Waals surface area contributed by atoms with Gasteiger partial charge in [0.2, 0.25) is 0 Å². The van der Waals surface area contributed by atoms with E-state index in [0.29, 0.717) is 0 Å². The maximum absolute atomic E-state index is 5.53. The predicted molar refractivity (Wildman–Crippen MR) is 126 cm³/mol. The average Bonchev–Trinajstić information content (AvgIpc) is 3.27. The number of hydrogen-bond acceptors (Lipinski definition) is 8. The summed E-state index contributed by atoms with van der Waals surface area (Å²) in [5, 5.41) is 9.34. The molecule has 0 aliphatic carbocycles. The second-order valence-corrected chi connectivity index (χ2v) is 8.70. The van der Waals surface area contributed by atoms with E-state index in [-0.39, 0.29) is 6.04 Å². The zero-order valence-electron chi connectivity index (χ0n) is 19.3. The van der Waals surface area contributed by atoms with E-state index in [1.165, 1.54) is 5.56 Å². The lowest BCUT2D eigenvalue weighted by molar-refractivity contribution is 0.0324. The molecule has 1 aromatic carbocycles. The second-order valence-electron chi connectivity index (χ2n) is 8.70. The topological polar surface area (TPSA) is 75.4 Å². The molecule has 2 aromatic heterocycles. The zero-order chi connectivity index (χ0) is 22.5. The number of piperazine rings is 1. The molecule has 0 N–H and O–H groups in total. The van der Waals surface area contributed by atoms with Crippen molar-refractivity contribution in [2.24, 2.45) is 0 Å². The molecular formula is C24H32N8O. The van der Waals surface area contributed by atoms with Crippen LogP contribution in [0.4, 0.5) is 5.82 Å². The van der Waals surface area contributed by atoms with Crippen LogP contribution in [0.3, 0.4) is 0 Å². The Morgan fingerprint density at radius 1 is 0.848 bits per heavy atom. The Balaban J connectivity index is 1.32. The van der Waals surface area contributed by atoms with Crippen LogP contribution in [0.15, 0.2) is 48.9 Å². The van der Waals surface area contributed by atoms with Gasteiger partial charge in [-0.25, -0.2) is 4.98 Å². The fraction of sp³-hybridized carbons (Fsp3) is 0.500. The van der Waals surface area contributed by atoms with Crippen molar-refractivity contribution in [1.82, 2.24) is 34.5 Å². The minimum atomic E-state index is 0.174. The molecule has 0 bridgehead atoms. The van der Waals surface area contributed by atoms with E-state index >= 15 is 0 Å². The molecule has 1 atom stereocenters. The van der Waals surface area contributed by atoms with Gasteiger partial charge in [-0.2, -0.15) is 0 Å². The van der Waals surface area contributed by atoms with Crippen LogP contribution in [-0.2, 0) is 17.8 Å². The minimum Gasteiger partial charge on any atom is -0.379 e. The first-order chi connectivity index (χ1) is 16.3. The Labute approximate surface area is 195 Å². The maximum Gasteiger partial charge on any atom is 0.147 e. The maximum atomic E-state index is 5.53. The molecule has 0 amide bonds. The van der Waals surface area contributed by atoms with Crippen molar-refractivity contribution in [2.45, 2.75) is 26.1 Å². The number of morpholine rings is 1. The molecule has 4 heterocycles. The van der Waals surface area contributed by atoms with Crippen molar-refractivity contribution in [3.63, 3.8) is 0 Å². The van der Waals surface area contributed by atoms with Crippen LogP contribution in [0.1, 0.15) is 30.2 Å². The molecule has 0 saturated carbocycles. The number of anilines is 1. The second kappa shape index (κ2) is 10.4.